The van der Waals surface area contributed by atoms with Crippen molar-refractivity contribution in [1.82, 2.24) is 0 Å². The molecule has 2 heteroatoms. The van der Waals surface area contributed by atoms with Crippen LogP contribution in [0.2, 0.25) is 0 Å². The molecule has 0 saturated carbocycles. The number of methoxy groups -OCH3 is 1. The van der Waals surface area contributed by atoms with Crippen LogP contribution in [0, 0.1) is 0 Å². The van der Waals surface area contributed by atoms with E-state index in [1.54, 1.807) is 0 Å². The first kappa shape index (κ1) is 23.7. The van der Waals surface area contributed by atoms with E-state index in [1.807, 2.05) is 0 Å². The number of hydrogen-bond donors (Lipinski definition) is 0. The summed E-state index contributed by atoms with van der Waals surface area (Å²) in [6.07, 6.45) is 19.2. The normalized spacial score (nSPS) is 12.1. The van der Waals surface area contributed by atoms with Gasteiger partial charge in [0.25, 0.3) is 0 Å². The third-order valence-corrected chi connectivity index (χ3v) is 5.61. The average molecular weight is 375 g/mol. The minimum Gasteiger partial charge on any atom is -0.469 e. The first-order chi connectivity index (χ1) is 13.2. The van der Waals surface area contributed by atoms with E-state index in [2.05, 4.69) is 42.0 Å². The van der Waals surface area contributed by atoms with Gasteiger partial charge in [0.1, 0.15) is 0 Å². The molecule has 1 unspecified atom stereocenters. The van der Waals surface area contributed by atoms with Gasteiger partial charge < -0.3 is 4.74 Å². The first-order valence-electron chi connectivity index (χ1n) is 11.4. The van der Waals surface area contributed by atoms with Gasteiger partial charge >= 0.3 is 5.97 Å². The van der Waals surface area contributed by atoms with Crippen molar-refractivity contribution < 1.29 is 9.53 Å². The van der Waals surface area contributed by atoms with Crippen LogP contribution in [0.15, 0.2) is 30.3 Å². The Morgan fingerprint density at radius 2 is 1.19 bits per heavy atom. The molecular weight excluding hydrogens is 332 g/mol. The van der Waals surface area contributed by atoms with Gasteiger partial charge in [0.05, 0.1) is 7.11 Å². The van der Waals surface area contributed by atoms with Crippen LogP contribution in [0.4, 0.5) is 0 Å². The van der Waals surface area contributed by atoms with Crippen molar-refractivity contribution in [2.45, 2.75) is 109 Å². The minimum atomic E-state index is -0.0688. The molecule has 1 rings (SSSR count). The maximum atomic E-state index is 11.0. The monoisotopic (exact) mass is 374 g/mol. The number of unbranched alkanes of at least 4 members (excludes halogenated alkanes) is 12. The van der Waals surface area contributed by atoms with Crippen LogP contribution >= 0.6 is 0 Å². The molecular formula is C25H42O2. The molecule has 27 heavy (non-hydrogen) atoms. The predicted molar refractivity (Wildman–Crippen MR) is 116 cm³/mol. The SMILES string of the molecule is COC(=O)CCCCCCCCCCCCCCCC(C)c1ccccc1. The smallest absolute Gasteiger partial charge is 0.305 e. The van der Waals surface area contributed by atoms with Gasteiger partial charge in [-0.25, -0.2) is 0 Å². The Morgan fingerprint density at radius 1 is 0.741 bits per heavy atom. The Balaban J connectivity index is 1.77. The molecule has 0 aliphatic rings. The number of rotatable bonds is 17. The molecule has 2 nitrogen and oxygen atoms in total. The lowest BCUT2D eigenvalue weighted by molar-refractivity contribution is -0.140. The van der Waals surface area contributed by atoms with Crippen molar-refractivity contribution in [2.24, 2.45) is 0 Å². The van der Waals surface area contributed by atoms with Gasteiger partial charge in [0.15, 0.2) is 0 Å². The van der Waals surface area contributed by atoms with Crippen LogP contribution in [0.3, 0.4) is 0 Å². The molecule has 0 amide bonds. The summed E-state index contributed by atoms with van der Waals surface area (Å²) in [5.74, 6) is 0.632. The third kappa shape index (κ3) is 13.5. The van der Waals surface area contributed by atoms with Crippen molar-refractivity contribution in [3.8, 4) is 0 Å². The van der Waals surface area contributed by atoms with Gasteiger partial charge in [0, 0.05) is 6.42 Å². The van der Waals surface area contributed by atoms with E-state index in [9.17, 15) is 4.79 Å². The molecule has 0 aromatic heterocycles. The van der Waals surface area contributed by atoms with Crippen LogP contribution in [-0.4, -0.2) is 13.1 Å². The largest absolute Gasteiger partial charge is 0.469 e. The summed E-state index contributed by atoms with van der Waals surface area (Å²) >= 11 is 0. The maximum Gasteiger partial charge on any atom is 0.305 e. The first-order valence-corrected chi connectivity index (χ1v) is 11.4. The van der Waals surface area contributed by atoms with Crippen LogP contribution in [0.1, 0.15) is 115 Å². The summed E-state index contributed by atoms with van der Waals surface area (Å²) in [5.41, 5.74) is 1.49. The van der Waals surface area contributed by atoms with Gasteiger partial charge in [-0.2, -0.15) is 0 Å². The van der Waals surface area contributed by atoms with E-state index in [0.717, 1.165) is 12.8 Å². The van der Waals surface area contributed by atoms with E-state index in [1.165, 1.54) is 89.7 Å². The zero-order valence-electron chi connectivity index (χ0n) is 17.9. The molecule has 0 aliphatic heterocycles. The summed E-state index contributed by atoms with van der Waals surface area (Å²) in [6.45, 7) is 2.36. The lowest BCUT2D eigenvalue weighted by Crippen LogP contribution is -1.99. The second kappa shape index (κ2) is 16.8. The summed E-state index contributed by atoms with van der Waals surface area (Å²) in [6, 6.07) is 10.9. The molecule has 0 saturated heterocycles. The highest BCUT2D eigenvalue weighted by atomic mass is 16.5. The standard InChI is InChI=1S/C25H42O2/c1-23(24-20-16-14-17-21-24)19-15-12-10-8-6-4-3-5-7-9-11-13-18-22-25(26)27-2/h14,16-17,20-21,23H,3-13,15,18-19,22H2,1-2H3. The van der Waals surface area contributed by atoms with Gasteiger partial charge in [-0.3, -0.25) is 4.79 Å². The lowest BCUT2D eigenvalue weighted by Gasteiger charge is -2.11. The molecule has 0 bridgehead atoms. The number of carbonyl (C=O) groups excluding carboxylic acids is 1. The fourth-order valence-corrected chi connectivity index (χ4v) is 3.71. The van der Waals surface area contributed by atoms with E-state index in [0.29, 0.717) is 12.3 Å². The molecule has 154 valence electrons. The molecule has 1 aromatic carbocycles. The zero-order valence-corrected chi connectivity index (χ0v) is 17.9. The molecule has 0 N–H and O–H groups in total. The maximum absolute atomic E-state index is 11.0. The van der Waals surface area contributed by atoms with Crippen molar-refractivity contribution in [1.29, 1.82) is 0 Å². The fraction of sp³-hybridized carbons (Fsp3) is 0.720. The Kier molecular flexibility index (Phi) is 14.8. The topological polar surface area (TPSA) is 26.3 Å². The van der Waals surface area contributed by atoms with Crippen LogP contribution in [-0.2, 0) is 9.53 Å². The average Bonchev–Trinajstić information content (AvgIpc) is 2.71. The molecule has 1 aromatic rings. The van der Waals surface area contributed by atoms with E-state index >= 15 is 0 Å². The third-order valence-electron chi connectivity index (χ3n) is 5.61. The highest BCUT2D eigenvalue weighted by molar-refractivity contribution is 5.68. The second-order valence-corrected chi connectivity index (χ2v) is 8.02. The fourth-order valence-electron chi connectivity index (χ4n) is 3.71. The zero-order chi connectivity index (χ0) is 19.6. The summed E-state index contributed by atoms with van der Waals surface area (Å²) < 4.78 is 4.65. The van der Waals surface area contributed by atoms with Crippen molar-refractivity contribution in [2.75, 3.05) is 7.11 Å². The Hall–Kier alpha value is -1.31. The van der Waals surface area contributed by atoms with E-state index in [-0.39, 0.29) is 5.97 Å². The quantitative estimate of drug-likeness (QED) is 0.205. The molecule has 0 heterocycles. The molecule has 0 radical (unpaired) electrons. The van der Waals surface area contributed by atoms with E-state index in [4.69, 9.17) is 0 Å². The Morgan fingerprint density at radius 3 is 1.67 bits per heavy atom. The highest BCUT2D eigenvalue weighted by Crippen LogP contribution is 2.22. The second-order valence-electron chi connectivity index (χ2n) is 8.02. The van der Waals surface area contributed by atoms with Crippen molar-refractivity contribution in [3.05, 3.63) is 35.9 Å². The van der Waals surface area contributed by atoms with Crippen molar-refractivity contribution in [3.63, 3.8) is 0 Å². The summed E-state index contributed by atoms with van der Waals surface area (Å²) in [7, 11) is 1.47. The Bertz CT molecular complexity index is 455. The number of hydrogen-bond acceptors (Lipinski definition) is 2. The van der Waals surface area contributed by atoms with Crippen molar-refractivity contribution >= 4 is 5.97 Å². The molecule has 1 atom stereocenters. The van der Waals surface area contributed by atoms with Crippen LogP contribution < -0.4 is 0 Å². The molecule has 0 fully saturated rings. The van der Waals surface area contributed by atoms with Gasteiger partial charge in [-0.1, -0.05) is 114 Å². The van der Waals surface area contributed by atoms with E-state index < -0.39 is 0 Å². The minimum absolute atomic E-state index is 0.0688. The molecule has 0 spiro atoms. The number of ether oxygens (including phenoxy) is 1. The number of benzene rings is 1. The molecule has 0 aliphatic carbocycles. The van der Waals surface area contributed by atoms with Gasteiger partial charge in [0.2, 0.25) is 0 Å². The summed E-state index contributed by atoms with van der Waals surface area (Å²) in [5, 5.41) is 0. The highest BCUT2D eigenvalue weighted by Gasteiger charge is 2.04. The summed E-state index contributed by atoms with van der Waals surface area (Å²) in [4.78, 5) is 11.0. The number of esters is 1. The van der Waals surface area contributed by atoms with Crippen LogP contribution in [0.5, 0.6) is 0 Å². The lowest BCUT2D eigenvalue weighted by atomic mass is 9.95. The number of carbonyl (C=O) groups is 1. The Labute approximate surface area is 168 Å². The predicted octanol–water partition coefficient (Wildman–Crippen LogP) is 7.81. The van der Waals surface area contributed by atoms with Crippen LogP contribution in [0.25, 0.3) is 0 Å². The van der Waals surface area contributed by atoms with Gasteiger partial charge in [-0.05, 0) is 24.3 Å². The van der Waals surface area contributed by atoms with Gasteiger partial charge in [-0.15, -0.1) is 0 Å².